The topological polar surface area (TPSA) is 51.0 Å². The number of ether oxygens (including phenoxy) is 1. The van der Waals surface area contributed by atoms with Gasteiger partial charge in [-0.1, -0.05) is 18.2 Å². The summed E-state index contributed by atoms with van der Waals surface area (Å²) in [5.74, 6) is 0.351. The second kappa shape index (κ2) is 3.65. The molecular formula is C11H10N2O2. The van der Waals surface area contributed by atoms with Crippen LogP contribution in [0.1, 0.15) is 12.5 Å². The molecule has 1 aliphatic rings. The number of carbonyl (C=O) groups excluding carboxylic acids is 1. The molecule has 0 fully saturated rings. The number of carbonyl (C=O) groups is 1. The normalized spacial score (nSPS) is 14.9. The van der Waals surface area contributed by atoms with Crippen molar-refractivity contribution in [3.63, 3.8) is 0 Å². The molecule has 0 N–H and O–H groups in total. The number of azo groups is 1. The average molecular weight is 202 g/mol. The van der Waals surface area contributed by atoms with Crippen LogP contribution in [0.3, 0.4) is 0 Å². The molecule has 0 unspecified atom stereocenters. The third-order valence-corrected chi connectivity index (χ3v) is 2.24. The smallest absolute Gasteiger partial charge is 0.298 e. The van der Waals surface area contributed by atoms with Gasteiger partial charge < -0.3 is 4.74 Å². The van der Waals surface area contributed by atoms with Crippen LogP contribution in [0.2, 0.25) is 0 Å². The molecule has 1 amide bonds. The standard InChI is InChI=1S/C11H10N2O2/c1-7-10(11(14)13-12-7)8-5-3-4-6-9(8)15-2/h3-6H,1-2H3. The van der Waals surface area contributed by atoms with Crippen LogP contribution in [0.25, 0.3) is 5.57 Å². The molecule has 0 radical (unpaired) electrons. The first kappa shape index (κ1) is 9.58. The van der Waals surface area contributed by atoms with E-state index in [-0.39, 0.29) is 5.91 Å². The van der Waals surface area contributed by atoms with Gasteiger partial charge in [0.1, 0.15) is 5.75 Å². The Balaban J connectivity index is 2.56. The van der Waals surface area contributed by atoms with Gasteiger partial charge >= 0.3 is 0 Å². The van der Waals surface area contributed by atoms with Crippen molar-refractivity contribution >= 4 is 11.5 Å². The van der Waals surface area contributed by atoms with Gasteiger partial charge in [-0.15, -0.1) is 5.11 Å². The summed E-state index contributed by atoms with van der Waals surface area (Å²) in [6.07, 6.45) is 0. The van der Waals surface area contributed by atoms with E-state index in [4.69, 9.17) is 4.74 Å². The van der Waals surface area contributed by atoms with Crippen molar-refractivity contribution in [2.75, 3.05) is 7.11 Å². The highest BCUT2D eigenvalue weighted by Gasteiger charge is 2.22. The first-order valence-corrected chi connectivity index (χ1v) is 4.54. The number of hydrogen-bond donors (Lipinski definition) is 0. The Kier molecular flexibility index (Phi) is 2.33. The molecule has 0 saturated heterocycles. The fourth-order valence-corrected chi connectivity index (χ4v) is 1.54. The Bertz CT molecular complexity index is 475. The molecule has 76 valence electrons. The molecule has 0 bridgehead atoms. The zero-order valence-electron chi connectivity index (χ0n) is 8.52. The summed E-state index contributed by atoms with van der Waals surface area (Å²) in [5, 5.41) is 7.26. The molecular weight excluding hydrogens is 192 g/mol. The van der Waals surface area contributed by atoms with E-state index < -0.39 is 0 Å². The van der Waals surface area contributed by atoms with Crippen LogP contribution < -0.4 is 4.74 Å². The summed E-state index contributed by atoms with van der Waals surface area (Å²) in [6, 6.07) is 7.34. The second-order valence-electron chi connectivity index (χ2n) is 3.17. The molecule has 1 aromatic rings. The lowest BCUT2D eigenvalue weighted by molar-refractivity contribution is -0.112. The van der Waals surface area contributed by atoms with E-state index in [9.17, 15) is 4.79 Å². The lowest BCUT2D eigenvalue weighted by atomic mass is 10.0. The number of amides is 1. The lowest BCUT2D eigenvalue weighted by Gasteiger charge is -2.07. The molecule has 0 atom stereocenters. The van der Waals surface area contributed by atoms with Crippen molar-refractivity contribution in [1.82, 2.24) is 0 Å². The molecule has 4 nitrogen and oxygen atoms in total. The highest BCUT2D eigenvalue weighted by atomic mass is 16.5. The molecule has 2 rings (SSSR count). The zero-order valence-corrected chi connectivity index (χ0v) is 8.52. The van der Waals surface area contributed by atoms with Crippen LogP contribution in [0, 0.1) is 0 Å². The zero-order chi connectivity index (χ0) is 10.8. The predicted molar refractivity (Wildman–Crippen MR) is 55.5 cm³/mol. The minimum Gasteiger partial charge on any atom is -0.496 e. The molecule has 0 saturated carbocycles. The number of benzene rings is 1. The largest absolute Gasteiger partial charge is 0.496 e. The van der Waals surface area contributed by atoms with Gasteiger partial charge in [-0.3, -0.25) is 4.79 Å². The Morgan fingerprint density at radius 3 is 2.53 bits per heavy atom. The van der Waals surface area contributed by atoms with Gasteiger partial charge in [-0.05, 0) is 13.0 Å². The monoisotopic (exact) mass is 202 g/mol. The van der Waals surface area contributed by atoms with Crippen molar-refractivity contribution in [3.05, 3.63) is 35.5 Å². The van der Waals surface area contributed by atoms with Gasteiger partial charge in [0.05, 0.1) is 18.4 Å². The van der Waals surface area contributed by atoms with Crippen LogP contribution in [0.15, 0.2) is 40.2 Å². The number of methoxy groups -OCH3 is 1. The van der Waals surface area contributed by atoms with E-state index >= 15 is 0 Å². The SMILES string of the molecule is COc1ccccc1C1=C(C)N=NC1=O. The minimum atomic E-state index is -0.308. The Labute approximate surface area is 87.3 Å². The fourth-order valence-electron chi connectivity index (χ4n) is 1.54. The molecule has 0 spiro atoms. The van der Waals surface area contributed by atoms with Crippen molar-refractivity contribution in [2.45, 2.75) is 6.92 Å². The number of nitrogens with zero attached hydrogens (tertiary/aromatic N) is 2. The third-order valence-electron chi connectivity index (χ3n) is 2.24. The summed E-state index contributed by atoms with van der Waals surface area (Å²) in [4.78, 5) is 11.5. The third kappa shape index (κ3) is 1.54. The quantitative estimate of drug-likeness (QED) is 0.739. The van der Waals surface area contributed by atoms with E-state index in [1.54, 1.807) is 20.1 Å². The van der Waals surface area contributed by atoms with Gasteiger partial charge in [0.15, 0.2) is 0 Å². The Hall–Kier alpha value is -1.97. The molecule has 1 heterocycles. The van der Waals surface area contributed by atoms with Crippen molar-refractivity contribution in [2.24, 2.45) is 10.2 Å². The second-order valence-corrected chi connectivity index (χ2v) is 3.17. The first-order chi connectivity index (χ1) is 7.24. The molecule has 0 aromatic heterocycles. The van der Waals surface area contributed by atoms with E-state index in [1.807, 2.05) is 18.2 Å². The van der Waals surface area contributed by atoms with Gasteiger partial charge in [0.25, 0.3) is 5.91 Å². The van der Waals surface area contributed by atoms with E-state index in [0.717, 1.165) is 5.56 Å². The summed E-state index contributed by atoms with van der Waals surface area (Å²) in [6.45, 7) is 1.76. The van der Waals surface area contributed by atoms with Crippen molar-refractivity contribution in [3.8, 4) is 5.75 Å². The Morgan fingerprint density at radius 2 is 1.93 bits per heavy atom. The maximum Gasteiger partial charge on any atom is 0.298 e. The molecule has 15 heavy (non-hydrogen) atoms. The average Bonchev–Trinajstić information content (AvgIpc) is 2.59. The van der Waals surface area contributed by atoms with Gasteiger partial charge in [-0.2, -0.15) is 5.11 Å². The maximum atomic E-state index is 11.5. The van der Waals surface area contributed by atoms with Crippen LogP contribution >= 0.6 is 0 Å². The predicted octanol–water partition coefficient (Wildman–Crippen LogP) is 2.42. The molecule has 1 aliphatic heterocycles. The number of rotatable bonds is 2. The lowest BCUT2D eigenvalue weighted by Crippen LogP contribution is -1.98. The summed E-state index contributed by atoms with van der Waals surface area (Å²) in [5.41, 5.74) is 1.89. The highest BCUT2D eigenvalue weighted by Crippen LogP contribution is 2.32. The fraction of sp³-hybridized carbons (Fsp3) is 0.182. The number of hydrogen-bond acceptors (Lipinski definition) is 3. The summed E-state index contributed by atoms with van der Waals surface area (Å²) in [7, 11) is 1.57. The summed E-state index contributed by atoms with van der Waals surface area (Å²) < 4.78 is 5.18. The van der Waals surface area contributed by atoms with Crippen LogP contribution in [-0.2, 0) is 4.79 Å². The van der Waals surface area contributed by atoms with Gasteiger partial charge in [0.2, 0.25) is 0 Å². The van der Waals surface area contributed by atoms with Crippen molar-refractivity contribution < 1.29 is 9.53 Å². The molecule has 0 aliphatic carbocycles. The number of para-hydroxylation sites is 1. The van der Waals surface area contributed by atoms with Crippen LogP contribution in [-0.4, -0.2) is 13.0 Å². The molecule has 4 heteroatoms. The van der Waals surface area contributed by atoms with E-state index in [0.29, 0.717) is 17.0 Å². The van der Waals surface area contributed by atoms with E-state index in [2.05, 4.69) is 10.2 Å². The van der Waals surface area contributed by atoms with E-state index in [1.165, 1.54) is 0 Å². The van der Waals surface area contributed by atoms with Crippen molar-refractivity contribution in [1.29, 1.82) is 0 Å². The minimum absolute atomic E-state index is 0.308. The summed E-state index contributed by atoms with van der Waals surface area (Å²) >= 11 is 0. The highest BCUT2D eigenvalue weighted by molar-refractivity contribution is 6.22. The van der Waals surface area contributed by atoms with Crippen LogP contribution in [0.4, 0.5) is 0 Å². The van der Waals surface area contributed by atoms with Crippen LogP contribution in [0.5, 0.6) is 5.75 Å². The van der Waals surface area contributed by atoms with Gasteiger partial charge in [0, 0.05) is 5.56 Å². The maximum absolute atomic E-state index is 11.5. The number of allylic oxidation sites excluding steroid dienone is 1. The molecule has 1 aromatic carbocycles. The first-order valence-electron chi connectivity index (χ1n) is 4.54. The Morgan fingerprint density at radius 1 is 1.20 bits per heavy atom. The van der Waals surface area contributed by atoms with Gasteiger partial charge in [-0.25, -0.2) is 0 Å².